The summed E-state index contributed by atoms with van der Waals surface area (Å²) in [6.07, 6.45) is -0.455. The normalized spacial score (nSPS) is 27.8. The number of hydrogen-bond acceptors (Lipinski definition) is 6. The van der Waals surface area contributed by atoms with Gasteiger partial charge in [-0.2, -0.15) is 0 Å². The first-order valence-electron chi connectivity index (χ1n) is 12.2. The molecule has 2 aromatic carbocycles. The van der Waals surface area contributed by atoms with Crippen molar-refractivity contribution in [3.05, 3.63) is 58.6 Å². The Bertz CT molecular complexity index is 1190. The largest absolute Gasteiger partial charge is 0.447 e. The Hall–Kier alpha value is -2.43. The molecule has 2 aromatic rings. The van der Waals surface area contributed by atoms with Crippen molar-refractivity contribution < 1.29 is 29.0 Å². The number of cyclic esters (lactones) is 1. The van der Waals surface area contributed by atoms with Crippen LogP contribution in [0.25, 0.3) is 0 Å². The molecule has 10 heteroatoms. The summed E-state index contributed by atoms with van der Waals surface area (Å²) in [6.45, 7) is 6.77. The van der Waals surface area contributed by atoms with Gasteiger partial charge in [-0.1, -0.05) is 30.7 Å². The second-order valence-corrected chi connectivity index (χ2v) is 14.8. The first-order valence-corrected chi connectivity index (χ1v) is 15.6. The maximum atomic E-state index is 14.2. The first-order chi connectivity index (χ1) is 17.1. The smallest absolute Gasteiger partial charge is 0.414 e. The van der Waals surface area contributed by atoms with Crippen molar-refractivity contribution in [1.29, 1.82) is 0 Å². The van der Waals surface area contributed by atoms with Crippen LogP contribution >= 0.6 is 11.6 Å². The summed E-state index contributed by atoms with van der Waals surface area (Å²) in [5.41, 5.74) is 1.55. The Morgan fingerprint density at radius 3 is 2.50 bits per heavy atom. The molecule has 8 nitrogen and oxygen atoms in total. The number of halogens is 1. The molecular weight excluding hydrogens is 500 g/mol. The van der Waals surface area contributed by atoms with Crippen LogP contribution in [0.3, 0.4) is 0 Å². The van der Waals surface area contributed by atoms with Gasteiger partial charge in [0.05, 0.1) is 24.9 Å². The summed E-state index contributed by atoms with van der Waals surface area (Å²) >= 11 is 6.40. The van der Waals surface area contributed by atoms with Gasteiger partial charge in [0.1, 0.15) is 6.61 Å². The molecule has 0 aliphatic carbocycles. The Balaban J connectivity index is 1.50. The molecule has 192 valence electrons. The van der Waals surface area contributed by atoms with Crippen LogP contribution in [0.15, 0.2) is 42.5 Å². The van der Waals surface area contributed by atoms with Crippen LogP contribution < -0.4 is 9.80 Å². The van der Waals surface area contributed by atoms with Gasteiger partial charge in [0, 0.05) is 34.3 Å². The number of rotatable bonds is 6. The lowest BCUT2D eigenvalue weighted by atomic mass is 9.82. The van der Waals surface area contributed by atoms with Crippen LogP contribution in [-0.4, -0.2) is 56.1 Å². The van der Waals surface area contributed by atoms with E-state index in [9.17, 15) is 19.5 Å². The van der Waals surface area contributed by atoms with E-state index >= 15 is 0 Å². The van der Waals surface area contributed by atoms with Gasteiger partial charge in [-0.25, -0.2) is 4.79 Å². The summed E-state index contributed by atoms with van der Waals surface area (Å²) in [6, 6.07) is 12.9. The van der Waals surface area contributed by atoms with Gasteiger partial charge in [0.15, 0.2) is 13.9 Å². The van der Waals surface area contributed by atoms with Crippen LogP contribution in [0, 0.1) is 5.92 Å². The molecule has 2 N–H and O–H groups in total. The van der Waals surface area contributed by atoms with E-state index < -0.39 is 20.0 Å². The Morgan fingerprint density at radius 1 is 1.17 bits per heavy atom. The average molecular weight is 531 g/mol. The van der Waals surface area contributed by atoms with Crippen molar-refractivity contribution in [2.75, 3.05) is 29.6 Å². The van der Waals surface area contributed by atoms with Gasteiger partial charge in [0.2, 0.25) is 0 Å². The summed E-state index contributed by atoms with van der Waals surface area (Å²) < 4.78 is 11.6. The number of anilines is 2. The molecule has 0 bridgehead atoms. The number of nitrogens with zero attached hydrogens (tertiary/aromatic N) is 2. The molecule has 1 spiro atoms. The zero-order chi connectivity index (χ0) is 25.8. The topological polar surface area (TPSA) is 99.5 Å². The maximum Gasteiger partial charge on any atom is 0.414 e. The molecule has 2 amide bonds. The lowest BCUT2D eigenvalue weighted by Gasteiger charge is -2.32. The average Bonchev–Trinajstić information content (AvgIpc) is 3.44. The molecule has 4 atom stereocenters. The van der Waals surface area contributed by atoms with Crippen LogP contribution in [-0.2, 0) is 26.4 Å². The van der Waals surface area contributed by atoms with Gasteiger partial charge >= 0.3 is 6.09 Å². The van der Waals surface area contributed by atoms with Crippen molar-refractivity contribution >= 4 is 43.3 Å². The summed E-state index contributed by atoms with van der Waals surface area (Å²) in [5, 5.41) is 10.2. The number of ether oxygens (including phenoxy) is 2. The van der Waals surface area contributed by atoms with Gasteiger partial charge < -0.3 is 24.3 Å². The van der Waals surface area contributed by atoms with Crippen LogP contribution in [0.2, 0.25) is 23.7 Å². The fourth-order valence-electron chi connectivity index (χ4n) is 6.20. The number of fused-ring (bicyclic) bond motifs is 2. The van der Waals surface area contributed by atoms with E-state index in [-0.39, 0.29) is 30.1 Å². The minimum atomic E-state index is -2.75. The molecule has 2 fully saturated rings. The highest BCUT2D eigenvalue weighted by Gasteiger charge is 2.66. The lowest BCUT2D eigenvalue weighted by Crippen LogP contribution is -2.46. The number of benzene rings is 2. The number of hydrogen-bond donors (Lipinski definition) is 2. The summed E-state index contributed by atoms with van der Waals surface area (Å²) in [4.78, 5) is 40.5. The fraction of sp³-hybridized carbons (Fsp3) is 0.462. The molecule has 36 heavy (non-hydrogen) atoms. The van der Waals surface area contributed by atoms with E-state index in [1.807, 2.05) is 50.3 Å². The van der Waals surface area contributed by atoms with Crippen molar-refractivity contribution in [2.45, 2.75) is 50.2 Å². The van der Waals surface area contributed by atoms with Crippen LogP contribution in [0.4, 0.5) is 16.2 Å². The third-order valence-corrected chi connectivity index (χ3v) is 10.4. The number of amides is 2. The molecule has 3 aliphatic heterocycles. The van der Waals surface area contributed by atoms with Gasteiger partial charge in [-0.15, -0.1) is 0 Å². The fourth-order valence-corrected chi connectivity index (χ4v) is 8.97. The Kier molecular flexibility index (Phi) is 6.41. The lowest BCUT2D eigenvalue weighted by molar-refractivity contribution is -0.146. The number of carbonyl (C=O) groups is 2. The molecule has 3 heterocycles. The molecule has 3 aliphatic rings. The number of carbonyl (C=O) groups excluding carboxylic acids is 2. The molecule has 0 aromatic heterocycles. The van der Waals surface area contributed by atoms with Crippen molar-refractivity contribution in [1.82, 2.24) is 0 Å². The number of aliphatic hydroxyl groups is 1. The molecule has 5 rings (SSSR count). The molecule has 0 radical (unpaired) electrons. The van der Waals surface area contributed by atoms with E-state index in [0.29, 0.717) is 36.7 Å². The van der Waals surface area contributed by atoms with E-state index in [1.54, 1.807) is 21.9 Å². The van der Waals surface area contributed by atoms with Crippen molar-refractivity contribution in [2.24, 2.45) is 5.92 Å². The van der Waals surface area contributed by atoms with Crippen molar-refractivity contribution in [3.8, 4) is 0 Å². The second-order valence-electron chi connectivity index (χ2n) is 10.4. The highest BCUT2D eigenvalue weighted by molar-refractivity contribution is 6.71. The molecule has 2 saturated heterocycles. The quantitative estimate of drug-likeness (QED) is 0.547. The van der Waals surface area contributed by atoms with Gasteiger partial charge in [-0.05, 0) is 55.4 Å². The van der Waals surface area contributed by atoms with Gasteiger partial charge in [-0.3, -0.25) is 9.69 Å². The predicted molar refractivity (Wildman–Crippen MR) is 139 cm³/mol. The van der Waals surface area contributed by atoms with E-state index in [2.05, 4.69) is 0 Å². The molecule has 0 saturated carbocycles. The Morgan fingerprint density at radius 2 is 1.89 bits per heavy atom. The SMILES string of the molecule is C[C@H]1[C@H]([Si](C)(C)O)[C@@H](CCO)O[C@]12C(=O)N(Cc1ccc(N3CCOC3=O)cc1)c1ccc(Cl)cc12. The second kappa shape index (κ2) is 9.15. The number of aliphatic hydroxyl groups excluding tert-OH is 1. The predicted octanol–water partition coefficient (Wildman–Crippen LogP) is 4.02. The highest BCUT2D eigenvalue weighted by atomic mass is 35.5. The third-order valence-electron chi connectivity index (χ3n) is 7.71. The first kappa shape index (κ1) is 25.2. The third kappa shape index (κ3) is 3.94. The standard InChI is InChI=1S/C26H31ClN2O6Si/c1-16-23(36(2,3)33)22(10-12-30)35-26(16)20-14-18(27)6-9-21(20)29(24(26)31)15-17-4-7-19(8-5-17)28-11-13-34-25(28)32/h4-9,14,16,22-23,30,33H,10-13,15H2,1-3H3/t16-,22+,23-,26+/m0/s1. The van der Waals surface area contributed by atoms with E-state index in [0.717, 1.165) is 16.9 Å². The van der Waals surface area contributed by atoms with Crippen LogP contribution in [0.1, 0.15) is 24.5 Å². The van der Waals surface area contributed by atoms with E-state index in [1.165, 1.54) is 0 Å². The zero-order valence-corrected chi connectivity index (χ0v) is 22.4. The monoisotopic (exact) mass is 530 g/mol. The minimum absolute atomic E-state index is 0.0916. The summed E-state index contributed by atoms with van der Waals surface area (Å²) in [5.74, 6) is -0.498. The van der Waals surface area contributed by atoms with E-state index in [4.69, 9.17) is 21.1 Å². The minimum Gasteiger partial charge on any atom is -0.447 e. The molecule has 0 unspecified atom stereocenters. The highest BCUT2D eigenvalue weighted by Crippen LogP contribution is 2.60. The molecular formula is C26H31ClN2O6Si. The van der Waals surface area contributed by atoms with Gasteiger partial charge in [0.25, 0.3) is 5.91 Å². The maximum absolute atomic E-state index is 14.2. The van der Waals surface area contributed by atoms with Crippen molar-refractivity contribution in [3.63, 3.8) is 0 Å². The van der Waals surface area contributed by atoms with Crippen LogP contribution in [0.5, 0.6) is 0 Å². The summed E-state index contributed by atoms with van der Waals surface area (Å²) in [7, 11) is -2.75. The Labute approximate surface area is 216 Å². The zero-order valence-electron chi connectivity index (χ0n) is 20.6.